The van der Waals surface area contributed by atoms with Crippen molar-refractivity contribution >= 4 is 28.3 Å². The monoisotopic (exact) mass is 354 g/mol. The van der Waals surface area contributed by atoms with E-state index in [1.165, 1.54) is 9.13 Å². The molecule has 0 atom stereocenters. The van der Waals surface area contributed by atoms with E-state index in [0.29, 0.717) is 5.88 Å². The minimum atomic E-state index is 0.643. The Morgan fingerprint density at radius 3 is 2.72 bits per heavy atom. The third-order valence-electron chi connectivity index (χ3n) is 2.68. The van der Waals surface area contributed by atoms with E-state index in [1.807, 2.05) is 18.3 Å². The molecule has 0 aliphatic heterocycles. The highest BCUT2D eigenvalue weighted by atomic mass is 127. The lowest BCUT2D eigenvalue weighted by Crippen LogP contribution is -2.01. The summed E-state index contributed by atoms with van der Waals surface area (Å²) in [6.45, 7) is 2.87. The maximum absolute atomic E-state index is 5.03. The predicted octanol–water partition coefficient (Wildman–Crippen LogP) is 3.62. The second-order valence-electron chi connectivity index (χ2n) is 4.02. The highest BCUT2D eigenvalue weighted by Gasteiger charge is 2.00. The average Bonchev–Trinajstić information content (AvgIpc) is 2.38. The summed E-state index contributed by atoms with van der Waals surface area (Å²) in [5.41, 5.74) is 3.54. The number of hydrogen-bond donors (Lipinski definition) is 1. The maximum atomic E-state index is 5.03. The van der Waals surface area contributed by atoms with E-state index in [0.717, 1.165) is 17.8 Å². The molecule has 1 N–H and O–H groups in total. The van der Waals surface area contributed by atoms with Crippen molar-refractivity contribution in [2.24, 2.45) is 0 Å². The molecule has 2 aromatic rings. The number of nitrogens with zero attached hydrogens (tertiary/aromatic N) is 1. The fourth-order valence-corrected chi connectivity index (χ4v) is 2.31. The van der Waals surface area contributed by atoms with Gasteiger partial charge in [0.15, 0.2) is 0 Å². The fourth-order valence-electron chi connectivity index (χ4n) is 1.66. The molecule has 0 aliphatic carbocycles. The third-order valence-corrected chi connectivity index (χ3v) is 3.35. The van der Waals surface area contributed by atoms with Gasteiger partial charge in [0.05, 0.1) is 7.11 Å². The molecule has 0 spiro atoms. The summed E-state index contributed by atoms with van der Waals surface area (Å²) in [4.78, 5) is 4.18. The number of ether oxygens (including phenoxy) is 1. The average molecular weight is 354 g/mol. The van der Waals surface area contributed by atoms with Gasteiger partial charge < -0.3 is 10.1 Å². The number of rotatable bonds is 4. The van der Waals surface area contributed by atoms with Crippen LogP contribution < -0.4 is 10.1 Å². The molecule has 2 rings (SSSR count). The van der Waals surface area contributed by atoms with Crippen molar-refractivity contribution in [2.45, 2.75) is 13.5 Å². The first-order valence-electron chi connectivity index (χ1n) is 5.68. The van der Waals surface area contributed by atoms with Crippen LogP contribution in [0.4, 0.5) is 5.69 Å². The van der Waals surface area contributed by atoms with Crippen molar-refractivity contribution in [3.05, 3.63) is 51.2 Å². The van der Waals surface area contributed by atoms with Gasteiger partial charge in [-0.3, -0.25) is 0 Å². The molecule has 0 aliphatic rings. The largest absolute Gasteiger partial charge is 0.481 e. The van der Waals surface area contributed by atoms with Crippen molar-refractivity contribution in [3.63, 3.8) is 0 Å². The molecule has 0 saturated carbocycles. The number of nitrogens with one attached hydrogen (secondary N) is 1. The van der Waals surface area contributed by atoms with Crippen molar-refractivity contribution in [1.82, 2.24) is 4.98 Å². The number of benzene rings is 1. The van der Waals surface area contributed by atoms with Crippen LogP contribution in [-0.4, -0.2) is 12.1 Å². The van der Waals surface area contributed by atoms with Crippen LogP contribution in [-0.2, 0) is 6.54 Å². The van der Waals surface area contributed by atoms with Gasteiger partial charge in [0.1, 0.15) is 0 Å². The Hall–Kier alpha value is -1.30. The number of hydrogen-bond acceptors (Lipinski definition) is 3. The molecule has 94 valence electrons. The molecule has 0 unspecified atom stereocenters. The molecule has 0 radical (unpaired) electrons. The van der Waals surface area contributed by atoms with Gasteiger partial charge in [0.2, 0.25) is 5.88 Å². The second kappa shape index (κ2) is 6.04. The molecule has 4 heteroatoms. The SMILES string of the molecule is COc1ccc(CNc2ccc(I)cc2C)cn1. The summed E-state index contributed by atoms with van der Waals surface area (Å²) >= 11 is 2.32. The topological polar surface area (TPSA) is 34.1 Å². The Morgan fingerprint density at radius 1 is 1.28 bits per heavy atom. The number of aromatic nitrogens is 1. The number of anilines is 1. The van der Waals surface area contributed by atoms with Crippen LogP contribution in [0.15, 0.2) is 36.5 Å². The van der Waals surface area contributed by atoms with Crippen LogP contribution >= 0.6 is 22.6 Å². The van der Waals surface area contributed by atoms with E-state index < -0.39 is 0 Å². The standard InChI is InChI=1S/C14H15IN2O/c1-10-7-12(15)4-5-13(10)16-8-11-3-6-14(18-2)17-9-11/h3-7,9,16H,8H2,1-2H3. The molecule has 0 fully saturated rings. The first-order chi connectivity index (χ1) is 8.69. The summed E-state index contributed by atoms with van der Waals surface area (Å²) < 4.78 is 6.28. The Kier molecular flexibility index (Phi) is 4.41. The normalized spacial score (nSPS) is 10.2. The lowest BCUT2D eigenvalue weighted by atomic mass is 10.2. The van der Waals surface area contributed by atoms with Gasteiger partial charge in [-0.05, 0) is 58.8 Å². The summed E-state index contributed by atoms with van der Waals surface area (Å²) in [5.74, 6) is 0.643. The highest BCUT2D eigenvalue weighted by Crippen LogP contribution is 2.18. The zero-order valence-electron chi connectivity index (χ0n) is 10.4. The van der Waals surface area contributed by atoms with Gasteiger partial charge in [-0.1, -0.05) is 6.07 Å². The zero-order chi connectivity index (χ0) is 13.0. The quantitative estimate of drug-likeness (QED) is 0.852. The van der Waals surface area contributed by atoms with Crippen LogP contribution in [0.5, 0.6) is 5.88 Å². The van der Waals surface area contributed by atoms with Gasteiger partial charge in [0.25, 0.3) is 0 Å². The molecule has 0 bridgehead atoms. The lowest BCUT2D eigenvalue weighted by molar-refractivity contribution is 0.397. The molecular formula is C14H15IN2O. The van der Waals surface area contributed by atoms with E-state index >= 15 is 0 Å². The fraction of sp³-hybridized carbons (Fsp3) is 0.214. The van der Waals surface area contributed by atoms with E-state index in [9.17, 15) is 0 Å². The minimum absolute atomic E-state index is 0.643. The van der Waals surface area contributed by atoms with Crippen LogP contribution in [0, 0.1) is 10.5 Å². The second-order valence-corrected chi connectivity index (χ2v) is 5.27. The van der Waals surface area contributed by atoms with Crippen LogP contribution in [0.25, 0.3) is 0 Å². The van der Waals surface area contributed by atoms with Crippen molar-refractivity contribution in [3.8, 4) is 5.88 Å². The first kappa shape index (κ1) is 13.1. The Morgan fingerprint density at radius 2 is 2.11 bits per heavy atom. The van der Waals surface area contributed by atoms with Crippen molar-refractivity contribution < 1.29 is 4.74 Å². The van der Waals surface area contributed by atoms with Crippen LogP contribution in [0.3, 0.4) is 0 Å². The molecule has 1 aromatic heterocycles. The van der Waals surface area contributed by atoms with E-state index in [1.54, 1.807) is 7.11 Å². The van der Waals surface area contributed by atoms with Crippen molar-refractivity contribution in [2.75, 3.05) is 12.4 Å². The van der Waals surface area contributed by atoms with Crippen molar-refractivity contribution in [1.29, 1.82) is 0 Å². The maximum Gasteiger partial charge on any atom is 0.212 e. The highest BCUT2D eigenvalue weighted by molar-refractivity contribution is 14.1. The van der Waals surface area contributed by atoms with E-state index in [2.05, 4.69) is 58.0 Å². The molecule has 3 nitrogen and oxygen atoms in total. The first-order valence-corrected chi connectivity index (χ1v) is 6.76. The molecular weight excluding hydrogens is 339 g/mol. The number of aryl methyl sites for hydroxylation is 1. The Balaban J connectivity index is 2.02. The molecule has 18 heavy (non-hydrogen) atoms. The Bertz CT molecular complexity index is 526. The zero-order valence-corrected chi connectivity index (χ0v) is 12.6. The Labute approximate surface area is 121 Å². The summed E-state index contributed by atoms with van der Waals surface area (Å²) in [5, 5.41) is 3.41. The molecule has 0 amide bonds. The van der Waals surface area contributed by atoms with Gasteiger partial charge in [0, 0.05) is 28.1 Å². The molecule has 0 saturated heterocycles. The molecule has 1 aromatic carbocycles. The van der Waals surface area contributed by atoms with Crippen LogP contribution in [0.1, 0.15) is 11.1 Å². The van der Waals surface area contributed by atoms with Gasteiger partial charge in [-0.15, -0.1) is 0 Å². The van der Waals surface area contributed by atoms with Crippen LogP contribution in [0.2, 0.25) is 0 Å². The minimum Gasteiger partial charge on any atom is -0.481 e. The van der Waals surface area contributed by atoms with Gasteiger partial charge in [-0.2, -0.15) is 0 Å². The predicted molar refractivity (Wildman–Crippen MR) is 82.0 cm³/mol. The lowest BCUT2D eigenvalue weighted by Gasteiger charge is -2.10. The smallest absolute Gasteiger partial charge is 0.212 e. The number of pyridine rings is 1. The van der Waals surface area contributed by atoms with Gasteiger partial charge in [-0.25, -0.2) is 4.98 Å². The van der Waals surface area contributed by atoms with Gasteiger partial charge >= 0.3 is 0 Å². The number of methoxy groups -OCH3 is 1. The molecule has 1 heterocycles. The van der Waals surface area contributed by atoms with E-state index in [4.69, 9.17) is 4.74 Å². The number of halogens is 1. The van der Waals surface area contributed by atoms with E-state index in [-0.39, 0.29) is 0 Å². The summed E-state index contributed by atoms with van der Waals surface area (Å²) in [7, 11) is 1.62. The summed E-state index contributed by atoms with van der Waals surface area (Å²) in [6.07, 6.45) is 1.83. The third kappa shape index (κ3) is 3.35. The summed E-state index contributed by atoms with van der Waals surface area (Å²) in [6, 6.07) is 10.3.